The third-order valence-corrected chi connectivity index (χ3v) is 5.03. The van der Waals surface area contributed by atoms with Crippen molar-refractivity contribution in [3.05, 3.63) is 66.2 Å². The van der Waals surface area contributed by atoms with Crippen LogP contribution < -0.4 is 16.0 Å². The summed E-state index contributed by atoms with van der Waals surface area (Å²) in [7, 11) is 1.72. The summed E-state index contributed by atoms with van der Waals surface area (Å²) in [4.78, 5) is 27.5. The highest BCUT2D eigenvalue weighted by molar-refractivity contribution is 5.99. The van der Waals surface area contributed by atoms with Gasteiger partial charge in [-0.25, -0.2) is 0 Å². The Hall–Kier alpha value is -2.41. The summed E-state index contributed by atoms with van der Waals surface area (Å²) >= 11 is 0. The number of carbonyl (C=O) groups excluding carboxylic acids is 2. The maximum Gasteiger partial charge on any atom is 0.249 e. The second-order valence-corrected chi connectivity index (χ2v) is 7.04. The minimum absolute atomic E-state index is 0. The van der Waals surface area contributed by atoms with Gasteiger partial charge in [0.25, 0.3) is 0 Å². The quantitative estimate of drug-likeness (QED) is 0.724. The van der Waals surface area contributed by atoms with Crippen LogP contribution in [0, 0.1) is 0 Å². The summed E-state index contributed by atoms with van der Waals surface area (Å²) in [6.45, 7) is 0.396. The highest BCUT2D eigenvalue weighted by Crippen LogP contribution is 2.20. The Bertz CT molecular complexity index is 788. The summed E-state index contributed by atoms with van der Waals surface area (Å²) in [5.74, 6) is -0.427. The zero-order valence-corrected chi connectivity index (χ0v) is 17.3. The first-order chi connectivity index (χ1) is 13.6. The number of anilines is 1. The van der Waals surface area contributed by atoms with Gasteiger partial charge in [0.15, 0.2) is 0 Å². The molecule has 0 bridgehead atoms. The van der Waals surface area contributed by atoms with Gasteiger partial charge in [-0.2, -0.15) is 0 Å². The molecule has 0 spiro atoms. The molecule has 156 valence electrons. The molecule has 3 atom stereocenters. The summed E-state index contributed by atoms with van der Waals surface area (Å²) in [6.07, 6.45) is 1.15. The molecule has 1 fully saturated rings. The number of rotatable bonds is 7. The van der Waals surface area contributed by atoms with Crippen molar-refractivity contribution >= 4 is 29.9 Å². The highest BCUT2D eigenvalue weighted by Gasteiger charge is 2.33. The number of nitrogens with zero attached hydrogens (tertiary/aromatic N) is 1. The van der Waals surface area contributed by atoms with Crippen LogP contribution >= 0.6 is 12.4 Å². The van der Waals surface area contributed by atoms with Crippen LogP contribution in [0.3, 0.4) is 0 Å². The molecule has 2 amide bonds. The highest BCUT2D eigenvalue weighted by atomic mass is 35.5. The van der Waals surface area contributed by atoms with Crippen molar-refractivity contribution in [1.82, 2.24) is 5.32 Å². The first-order valence-corrected chi connectivity index (χ1v) is 9.61. The SMILES string of the molecule is CN(C(=O)[C@H](Cc1ccccc1)NC(=O)[C@@H]1CC[C@H](CN)O1)c1ccccc1.Cl. The van der Waals surface area contributed by atoms with Crippen LogP contribution in [-0.2, 0) is 20.7 Å². The molecule has 2 aromatic carbocycles. The van der Waals surface area contributed by atoms with Gasteiger partial charge >= 0.3 is 0 Å². The lowest BCUT2D eigenvalue weighted by molar-refractivity contribution is -0.135. The fourth-order valence-corrected chi connectivity index (χ4v) is 3.40. The van der Waals surface area contributed by atoms with Crippen molar-refractivity contribution in [3.63, 3.8) is 0 Å². The number of nitrogens with two attached hydrogens (primary N) is 1. The number of nitrogens with one attached hydrogen (secondary N) is 1. The monoisotopic (exact) mass is 417 g/mol. The van der Waals surface area contributed by atoms with E-state index < -0.39 is 12.1 Å². The van der Waals surface area contributed by atoms with E-state index in [1.54, 1.807) is 11.9 Å². The molecule has 0 radical (unpaired) electrons. The summed E-state index contributed by atoms with van der Waals surface area (Å²) in [5.41, 5.74) is 7.39. The number of likely N-dealkylation sites (N-methyl/N-ethyl adjacent to an activating group) is 1. The van der Waals surface area contributed by atoms with E-state index in [1.807, 2.05) is 60.7 Å². The molecule has 3 N–H and O–H groups in total. The van der Waals surface area contributed by atoms with Gasteiger partial charge in [-0.3, -0.25) is 9.59 Å². The number of carbonyl (C=O) groups is 2. The number of ether oxygens (including phenoxy) is 1. The molecule has 29 heavy (non-hydrogen) atoms. The molecular formula is C22H28ClN3O3. The van der Waals surface area contributed by atoms with Crippen molar-refractivity contribution in [1.29, 1.82) is 0 Å². The second kappa shape index (κ2) is 11.0. The van der Waals surface area contributed by atoms with Crippen molar-refractivity contribution in [2.45, 2.75) is 37.5 Å². The standard InChI is InChI=1S/C22H27N3O3.ClH/c1-25(17-10-6-3-7-11-17)22(27)19(14-16-8-4-2-5-9-16)24-21(26)20-13-12-18(15-23)28-20;/h2-11,18-20H,12-15,23H2,1H3,(H,24,26);1H/t18-,19+,20+;/m1./s1. The van der Waals surface area contributed by atoms with Crippen LogP contribution in [0.1, 0.15) is 18.4 Å². The molecule has 1 aliphatic heterocycles. The number of benzene rings is 2. The molecule has 1 saturated heterocycles. The molecule has 1 aliphatic rings. The third-order valence-electron chi connectivity index (χ3n) is 5.03. The van der Waals surface area contributed by atoms with Gasteiger partial charge in [0, 0.05) is 25.7 Å². The fourth-order valence-electron chi connectivity index (χ4n) is 3.40. The largest absolute Gasteiger partial charge is 0.364 e. The Morgan fingerprint density at radius 2 is 1.72 bits per heavy atom. The van der Waals surface area contributed by atoms with Crippen LogP contribution in [0.5, 0.6) is 0 Å². The van der Waals surface area contributed by atoms with E-state index in [0.717, 1.165) is 17.7 Å². The molecule has 6 nitrogen and oxygen atoms in total. The van der Waals surface area contributed by atoms with Crippen LogP contribution in [0.4, 0.5) is 5.69 Å². The Balaban J connectivity index is 0.00000300. The van der Waals surface area contributed by atoms with Gasteiger partial charge in [0.1, 0.15) is 12.1 Å². The van der Waals surface area contributed by atoms with Crippen LogP contribution in [0.15, 0.2) is 60.7 Å². The number of hydrogen-bond donors (Lipinski definition) is 2. The molecule has 0 saturated carbocycles. The lowest BCUT2D eigenvalue weighted by Gasteiger charge is -2.26. The van der Waals surface area contributed by atoms with Gasteiger partial charge in [-0.1, -0.05) is 48.5 Å². The molecule has 0 unspecified atom stereocenters. The van der Waals surface area contributed by atoms with E-state index in [-0.39, 0.29) is 30.3 Å². The fraction of sp³-hybridized carbons (Fsp3) is 0.364. The number of para-hydroxylation sites is 1. The zero-order chi connectivity index (χ0) is 19.9. The van der Waals surface area contributed by atoms with Crippen molar-refractivity contribution in [2.24, 2.45) is 5.73 Å². The van der Waals surface area contributed by atoms with E-state index >= 15 is 0 Å². The molecule has 0 aromatic heterocycles. The maximum atomic E-state index is 13.2. The Morgan fingerprint density at radius 1 is 1.10 bits per heavy atom. The number of halogens is 1. The molecule has 1 heterocycles. The molecule has 7 heteroatoms. The van der Waals surface area contributed by atoms with Crippen molar-refractivity contribution in [3.8, 4) is 0 Å². The molecule has 2 aromatic rings. The first kappa shape index (κ1) is 22.9. The van der Waals surface area contributed by atoms with Crippen LogP contribution in [0.25, 0.3) is 0 Å². The van der Waals surface area contributed by atoms with Gasteiger partial charge in [-0.15, -0.1) is 12.4 Å². The first-order valence-electron chi connectivity index (χ1n) is 9.61. The Kier molecular flexibility index (Phi) is 8.64. The van der Waals surface area contributed by atoms with Crippen LogP contribution in [0.2, 0.25) is 0 Å². The van der Waals surface area contributed by atoms with Gasteiger partial charge in [0.05, 0.1) is 6.10 Å². The topological polar surface area (TPSA) is 84.7 Å². The molecular weight excluding hydrogens is 390 g/mol. The minimum Gasteiger partial charge on any atom is -0.364 e. The summed E-state index contributed by atoms with van der Waals surface area (Å²) < 4.78 is 5.69. The minimum atomic E-state index is -0.680. The Morgan fingerprint density at radius 3 is 2.31 bits per heavy atom. The van der Waals surface area contributed by atoms with E-state index in [2.05, 4.69) is 5.32 Å². The predicted octanol–water partition coefficient (Wildman–Crippen LogP) is 2.31. The maximum absolute atomic E-state index is 13.2. The van der Waals surface area contributed by atoms with Gasteiger partial charge in [0.2, 0.25) is 11.8 Å². The lowest BCUT2D eigenvalue weighted by atomic mass is 10.0. The summed E-state index contributed by atoms with van der Waals surface area (Å²) in [5, 5.41) is 2.91. The average molecular weight is 418 g/mol. The van der Waals surface area contributed by atoms with E-state index in [0.29, 0.717) is 19.4 Å². The molecule has 3 rings (SSSR count). The van der Waals surface area contributed by atoms with Crippen LogP contribution in [-0.4, -0.2) is 43.7 Å². The van der Waals surface area contributed by atoms with Crippen molar-refractivity contribution in [2.75, 3.05) is 18.5 Å². The van der Waals surface area contributed by atoms with E-state index in [4.69, 9.17) is 10.5 Å². The average Bonchev–Trinajstić information content (AvgIpc) is 3.23. The van der Waals surface area contributed by atoms with E-state index in [9.17, 15) is 9.59 Å². The van der Waals surface area contributed by atoms with Gasteiger partial charge in [-0.05, 0) is 30.5 Å². The zero-order valence-electron chi connectivity index (χ0n) is 16.5. The van der Waals surface area contributed by atoms with Crippen molar-refractivity contribution < 1.29 is 14.3 Å². The number of hydrogen-bond acceptors (Lipinski definition) is 4. The van der Waals surface area contributed by atoms with Gasteiger partial charge < -0.3 is 20.7 Å². The Labute approximate surface area is 177 Å². The smallest absolute Gasteiger partial charge is 0.249 e. The normalized spacial score (nSPS) is 19.1. The second-order valence-electron chi connectivity index (χ2n) is 7.04. The third kappa shape index (κ3) is 6.03. The van der Waals surface area contributed by atoms with E-state index in [1.165, 1.54) is 0 Å². The predicted molar refractivity (Wildman–Crippen MR) is 116 cm³/mol. The summed E-state index contributed by atoms with van der Waals surface area (Å²) in [6, 6.07) is 18.4. The molecule has 0 aliphatic carbocycles. The number of amides is 2. The lowest BCUT2D eigenvalue weighted by Crippen LogP contribution is -2.51.